The molecule has 1 atom stereocenters. The predicted octanol–water partition coefficient (Wildman–Crippen LogP) is 6.32. The van der Waals surface area contributed by atoms with Crippen LogP contribution in [-0.4, -0.2) is 21.6 Å². The van der Waals surface area contributed by atoms with Gasteiger partial charge in [0.05, 0.1) is 17.1 Å². The van der Waals surface area contributed by atoms with Gasteiger partial charge in [-0.1, -0.05) is 31.0 Å². The Morgan fingerprint density at radius 2 is 1.90 bits per heavy atom. The minimum Gasteiger partial charge on any atom is -0.507 e. The second-order valence-electron chi connectivity index (χ2n) is 7.62. The Morgan fingerprint density at radius 3 is 2.73 bits per heavy atom. The molecule has 4 nitrogen and oxygen atoms in total. The van der Waals surface area contributed by atoms with Gasteiger partial charge in [-0.3, -0.25) is 0 Å². The van der Waals surface area contributed by atoms with Gasteiger partial charge >= 0.3 is 0 Å². The monoisotopic (exact) mass is 419 g/mol. The van der Waals surface area contributed by atoms with E-state index in [-0.39, 0.29) is 17.6 Å². The lowest BCUT2D eigenvalue weighted by molar-refractivity contribution is 0.477. The molecule has 0 saturated carbocycles. The highest BCUT2D eigenvalue weighted by molar-refractivity contribution is 7.10. The van der Waals surface area contributed by atoms with Gasteiger partial charge < -0.3 is 10.0 Å². The lowest BCUT2D eigenvalue weighted by atomic mass is 10.1. The van der Waals surface area contributed by atoms with Crippen molar-refractivity contribution in [3.63, 3.8) is 0 Å². The summed E-state index contributed by atoms with van der Waals surface area (Å²) in [7, 11) is 0. The number of phenols is 1. The quantitative estimate of drug-likeness (QED) is 0.422. The normalized spacial score (nSPS) is 17.2. The number of anilines is 1. The summed E-state index contributed by atoms with van der Waals surface area (Å²) in [4.78, 5) is 13.2. The SMILES string of the molecule is Oc1ccccc1-c1nc(N2CCCCCC2c2cccs2)c2cc(F)ccc2n1. The van der Waals surface area contributed by atoms with Crippen LogP contribution in [-0.2, 0) is 0 Å². The van der Waals surface area contributed by atoms with Crippen LogP contribution in [0, 0.1) is 5.82 Å². The van der Waals surface area contributed by atoms with E-state index in [9.17, 15) is 9.50 Å². The minimum absolute atomic E-state index is 0.135. The van der Waals surface area contributed by atoms with Gasteiger partial charge in [0.25, 0.3) is 0 Å². The van der Waals surface area contributed by atoms with E-state index in [1.165, 1.54) is 23.4 Å². The number of fused-ring (bicyclic) bond motifs is 1. The number of halogens is 1. The molecule has 4 aromatic rings. The van der Waals surface area contributed by atoms with Crippen LogP contribution in [0.3, 0.4) is 0 Å². The summed E-state index contributed by atoms with van der Waals surface area (Å²) in [5.74, 6) is 1.02. The largest absolute Gasteiger partial charge is 0.507 e. The number of thiophene rings is 1. The maximum atomic E-state index is 14.2. The van der Waals surface area contributed by atoms with Crippen LogP contribution in [0.2, 0.25) is 0 Å². The first kappa shape index (κ1) is 19.0. The highest BCUT2D eigenvalue weighted by Crippen LogP contribution is 2.39. The highest BCUT2D eigenvalue weighted by Gasteiger charge is 2.27. The molecule has 1 unspecified atom stereocenters. The van der Waals surface area contributed by atoms with Gasteiger partial charge in [0, 0.05) is 16.8 Å². The van der Waals surface area contributed by atoms with Crippen LogP contribution in [0.5, 0.6) is 5.75 Å². The Balaban J connectivity index is 1.73. The molecule has 152 valence electrons. The Bertz CT molecular complexity index is 1180. The van der Waals surface area contributed by atoms with Gasteiger partial charge in [0.2, 0.25) is 0 Å². The Labute approximate surface area is 178 Å². The van der Waals surface area contributed by atoms with Crippen LogP contribution in [0.4, 0.5) is 10.2 Å². The van der Waals surface area contributed by atoms with Crippen molar-refractivity contribution >= 4 is 28.1 Å². The predicted molar refractivity (Wildman–Crippen MR) is 119 cm³/mol. The topological polar surface area (TPSA) is 49.3 Å². The van der Waals surface area contributed by atoms with Crippen LogP contribution in [0.1, 0.15) is 36.6 Å². The number of rotatable bonds is 3. The number of hydrogen-bond donors (Lipinski definition) is 1. The van der Waals surface area contributed by atoms with Gasteiger partial charge in [0.1, 0.15) is 17.4 Å². The van der Waals surface area contributed by atoms with Crippen LogP contribution >= 0.6 is 11.3 Å². The van der Waals surface area contributed by atoms with Crippen molar-refractivity contribution in [1.29, 1.82) is 0 Å². The summed E-state index contributed by atoms with van der Waals surface area (Å²) in [6, 6.07) is 16.2. The van der Waals surface area contributed by atoms with E-state index in [1.807, 2.05) is 12.1 Å². The number of benzene rings is 2. The van der Waals surface area contributed by atoms with E-state index in [2.05, 4.69) is 27.4 Å². The summed E-state index contributed by atoms with van der Waals surface area (Å²) in [6.07, 6.45) is 4.42. The molecular weight excluding hydrogens is 397 g/mol. The van der Waals surface area contributed by atoms with Crippen molar-refractivity contribution in [1.82, 2.24) is 9.97 Å². The average molecular weight is 420 g/mol. The number of nitrogens with zero attached hydrogens (tertiary/aromatic N) is 3. The zero-order valence-corrected chi connectivity index (χ0v) is 17.3. The molecule has 30 heavy (non-hydrogen) atoms. The van der Waals surface area contributed by atoms with Gasteiger partial charge in [0.15, 0.2) is 5.82 Å². The first-order chi connectivity index (χ1) is 14.7. The Hall–Kier alpha value is -2.99. The number of hydrogen-bond acceptors (Lipinski definition) is 5. The van der Waals surface area contributed by atoms with E-state index < -0.39 is 0 Å². The molecule has 1 saturated heterocycles. The van der Waals surface area contributed by atoms with Crippen molar-refractivity contribution in [2.75, 3.05) is 11.4 Å². The average Bonchev–Trinajstić information content (AvgIpc) is 3.18. The smallest absolute Gasteiger partial charge is 0.165 e. The van der Waals surface area contributed by atoms with E-state index in [1.54, 1.807) is 29.5 Å². The molecule has 0 bridgehead atoms. The molecular formula is C24H22FN3OS. The third-order valence-corrected chi connectivity index (χ3v) is 6.65. The molecule has 0 spiro atoms. The number of phenolic OH excluding ortho intramolecular Hbond substituents is 1. The van der Waals surface area contributed by atoms with Gasteiger partial charge in [-0.15, -0.1) is 11.3 Å². The number of aromatic nitrogens is 2. The Kier molecular flexibility index (Phi) is 5.09. The van der Waals surface area contributed by atoms with Crippen molar-refractivity contribution in [2.45, 2.75) is 31.7 Å². The van der Waals surface area contributed by atoms with Gasteiger partial charge in [-0.05, 0) is 54.6 Å². The fourth-order valence-electron chi connectivity index (χ4n) is 4.23. The molecule has 3 heterocycles. The zero-order valence-electron chi connectivity index (χ0n) is 16.5. The van der Waals surface area contributed by atoms with E-state index >= 15 is 0 Å². The molecule has 1 N–H and O–H groups in total. The molecule has 2 aromatic carbocycles. The molecule has 1 fully saturated rings. The fourth-order valence-corrected chi connectivity index (χ4v) is 5.10. The molecule has 0 radical (unpaired) electrons. The van der Waals surface area contributed by atoms with Gasteiger partial charge in [-0.2, -0.15) is 0 Å². The standard InChI is InChI=1S/C24H22FN3OS/c25-16-11-12-19-18(15-16)24(27-23(26-19)17-7-3-4-9-21(17)29)28-13-5-1-2-8-20(28)22-10-6-14-30-22/h3-4,6-7,9-12,14-15,20,29H,1-2,5,8,13H2. The molecule has 0 amide bonds. The summed E-state index contributed by atoms with van der Waals surface area (Å²) in [5.41, 5.74) is 1.25. The van der Waals surface area contributed by atoms with E-state index in [0.717, 1.165) is 31.6 Å². The van der Waals surface area contributed by atoms with E-state index in [4.69, 9.17) is 4.98 Å². The summed E-state index contributed by atoms with van der Waals surface area (Å²) < 4.78 is 14.2. The lowest BCUT2D eigenvalue weighted by Gasteiger charge is -2.31. The van der Waals surface area contributed by atoms with Crippen LogP contribution in [0.25, 0.3) is 22.3 Å². The second-order valence-corrected chi connectivity index (χ2v) is 8.60. The molecule has 5 rings (SSSR count). The van der Waals surface area contributed by atoms with Crippen molar-refractivity contribution in [2.24, 2.45) is 0 Å². The maximum Gasteiger partial charge on any atom is 0.165 e. The van der Waals surface area contributed by atoms with Gasteiger partial charge in [-0.25, -0.2) is 14.4 Å². The summed E-state index contributed by atoms with van der Waals surface area (Å²) in [6.45, 7) is 0.853. The third kappa shape index (κ3) is 3.52. The summed E-state index contributed by atoms with van der Waals surface area (Å²) >= 11 is 1.75. The number of para-hydroxylation sites is 1. The molecule has 1 aliphatic heterocycles. The third-order valence-electron chi connectivity index (χ3n) is 5.68. The van der Waals surface area contributed by atoms with Crippen molar-refractivity contribution in [3.05, 3.63) is 70.7 Å². The first-order valence-corrected chi connectivity index (χ1v) is 11.1. The van der Waals surface area contributed by atoms with Crippen LogP contribution in [0.15, 0.2) is 60.0 Å². The molecule has 6 heteroatoms. The van der Waals surface area contributed by atoms with Crippen molar-refractivity contribution < 1.29 is 9.50 Å². The van der Waals surface area contributed by atoms with E-state index in [0.29, 0.717) is 22.3 Å². The van der Waals surface area contributed by atoms with Crippen LogP contribution < -0.4 is 4.90 Å². The van der Waals surface area contributed by atoms with Crippen molar-refractivity contribution in [3.8, 4) is 17.1 Å². The zero-order chi connectivity index (χ0) is 20.5. The fraction of sp³-hybridized carbons (Fsp3) is 0.250. The molecule has 2 aromatic heterocycles. The number of aromatic hydroxyl groups is 1. The highest BCUT2D eigenvalue weighted by atomic mass is 32.1. The lowest BCUT2D eigenvalue weighted by Crippen LogP contribution is -2.29. The molecule has 1 aliphatic rings. The first-order valence-electron chi connectivity index (χ1n) is 10.3. The maximum absolute atomic E-state index is 14.2. The second kappa shape index (κ2) is 8.03. The summed E-state index contributed by atoms with van der Waals surface area (Å²) in [5, 5.41) is 13.2. The minimum atomic E-state index is -0.301. The molecule has 0 aliphatic carbocycles. The Morgan fingerprint density at radius 1 is 1.00 bits per heavy atom.